The zero-order valence-electron chi connectivity index (χ0n) is 12.8. The second-order valence-corrected chi connectivity index (χ2v) is 7.57. The van der Waals surface area contributed by atoms with Crippen molar-refractivity contribution in [1.82, 2.24) is 19.4 Å². The van der Waals surface area contributed by atoms with Gasteiger partial charge in [-0.2, -0.15) is 5.10 Å². The summed E-state index contributed by atoms with van der Waals surface area (Å²) in [6.45, 7) is 6.20. The summed E-state index contributed by atoms with van der Waals surface area (Å²) in [5.74, 6) is -0.191. The van der Waals surface area contributed by atoms with Gasteiger partial charge in [-0.25, -0.2) is 13.1 Å². The zero-order chi connectivity index (χ0) is 15.8. The Morgan fingerprint density at radius 2 is 2.14 bits per heavy atom. The van der Waals surface area contributed by atoms with Gasteiger partial charge in [-0.1, -0.05) is 0 Å². The van der Waals surface area contributed by atoms with Crippen LogP contribution in [0.15, 0.2) is 6.20 Å². The van der Waals surface area contributed by atoms with Gasteiger partial charge in [0, 0.05) is 31.9 Å². The number of carbonyl (C=O) groups is 1. The van der Waals surface area contributed by atoms with Crippen molar-refractivity contribution in [2.45, 2.75) is 32.7 Å². The number of aryl methyl sites for hydroxylation is 2. The fourth-order valence-electron chi connectivity index (χ4n) is 2.52. The number of likely N-dealkylation sites (tertiary alicyclic amines) is 1. The first-order valence-electron chi connectivity index (χ1n) is 7.02. The molecule has 1 amide bonds. The fourth-order valence-corrected chi connectivity index (χ4v) is 3.34. The van der Waals surface area contributed by atoms with E-state index in [4.69, 9.17) is 0 Å². The van der Waals surface area contributed by atoms with E-state index in [9.17, 15) is 13.2 Å². The Bertz CT molecular complexity index is 632. The highest BCUT2D eigenvalue weighted by atomic mass is 32.2. The lowest BCUT2D eigenvalue weighted by Crippen LogP contribution is -2.61. The summed E-state index contributed by atoms with van der Waals surface area (Å²) in [5.41, 5.74) is 1.77. The summed E-state index contributed by atoms with van der Waals surface area (Å²) < 4.78 is 27.2. The van der Waals surface area contributed by atoms with Gasteiger partial charge < -0.3 is 4.90 Å². The quantitative estimate of drug-likeness (QED) is 0.828. The lowest BCUT2D eigenvalue weighted by molar-refractivity contribution is -0.137. The minimum atomic E-state index is -3.21. The third kappa shape index (κ3) is 3.44. The topological polar surface area (TPSA) is 84.3 Å². The van der Waals surface area contributed by atoms with Gasteiger partial charge in [0.2, 0.25) is 15.9 Å². The van der Waals surface area contributed by atoms with Gasteiger partial charge in [0.25, 0.3) is 0 Å². The van der Waals surface area contributed by atoms with Crippen LogP contribution in [0.1, 0.15) is 31.0 Å². The highest BCUT2D eigenvalue weighted by Gasteiger charge is 2.35. The Balaban J connectivity index is 1.93. The molecule has 0 saturated carbocycles. The molecule has 21 heavy (non-hydrogen) atoms. The molecular formula is C13H22N4O3S. The molecular weight excluding hydrogens is 292 g/mol. The molecule has 1 unspecified atom stereocenters. The normalized spacial score (nSPS) is 17.6. The molecule has 0 spiro atoms. The lowest BCUT2D eigenvalue weighted by atomic mass is 9.98. The number of aromatic nitrogens is 2. The minimum Gasteiger partial charge on any atom is -0.339 e. The smallest absolute Gasteiger partial charge is 0.230 e. The molecule has 1 aliphatic heterocycles. The minimum absolute atomic E-state index is 0.0121. The largest absolute Gasteiger partial charge is 0.339 e. The fraction of sp³-hybridized carbons (Fsp3) is 0.692. The molecule has 7 nitrogen and oxygen atoms in total. The summed E-state index contributed by atoms with van der Waals surface area (Å²) >= 11 is 0. The molecule has 1 N–H and O–H groups in total. The number of rotatable bonds is 5. The highest BCUT2D eigenvalue weighted by Crippen LogP contribution is 2.23. The molecule has 0 radical (unpaired) electrons. The molecule has 1 atom stereocenters. The maximum atomic E-state index is 12.4. The molecule has 1 aliphatic rings. The van der Waals surface area contributed by atoms with Gasteiger partial charge in [0.1, 0.15) is 0 Å². The van der Waals surface area contributed by atoms with Crippen LogP contribution >= 0.6 is 0 Å². The van der Waals surface area contributed by atoms with Crippen molar-refractivity contribution in [3.63, 3.8) is 0 Å². The summed E-state index contributed by atoms with van der Waals surface area (Å²) in [6, 6.07) is -0.166. The SMILES string of the molecule is CCS(=O)(=O)NC1CN(C(=O)C(C)c2cn(C)nc2C)C1. The van der Waals surface area contributed by atoms with Crippen LogP contribution in [-0.2, 0) is 21.9 Å². The van der Waals surface area contributed by atoms with Crippen LogP contribution in [0.5, 0.6) is 0 Å². The predicted octanol–water partition coefficient (Wildman–Crippen LogP) is -0.0179. The standard InChI is InChI=1S/C13H22N4O3S/c1-5-21(19,20)15-11-6-17(7-11)13(18)9(2)12-8-16(4)14-10(12)3/h8-9,11,15H,5-7H2,1-4H3. The Labute approximate surface area is 125 Å². The monoisotopic (exact) mass is 314 g/mol. The van der Waals surface area contributed by atoms with Gasteiger partial charge in [-0.05, 0) is 20.8 Å². The summed E-state index contributed by atoms with van der Waals surface area (Å²) in [6.07, 6.45) is 1.86. The van der Waals surface area contributed by atoms with Gasteiger partial charge in [-0.15, -0.1) is 0 Å². The van der Waals surface area contributed by atoms with Crippen LogP contribution in [0.2, 0.25) is 0 Å². The molecule has 2 heterocycles. The first kappa shape index (κ1) is 16.0. The lowest BCUT2D eigenvalue weighted by Gasteiger charge is -2.40. The van der Waals surface area contributed by atoms with Crippen molar-refractivity contribution in [1.29, 1.82) is 0 Å². The van der Waals surface area contributed by atoms with E-state index in [0.717, 1.165) is 11.3 Å². The van der Waals surface area contributed by atoms with E-state index in [1.165, 1.54) is 0 Å². The van der Waals surface area contributed by atoms with Crippen molar-refractivity contribution in [2.24, 2.45) is 7.05 Å². The van der Waals surface area contributed by atoms with Crippen molar-refractivity contribution in [3.05, 3.63) is 17.5 Å². The number of hydrogen-bond acceptors (Lipinski definition) is 4. The Hall–Kier alpha value is -1.41. The maximum Gasteiger partial charge on any atom is 0.230 e. The van der Waals surface area contributed by atoms with Crippen LogP contribution in [0.3, 0.4) is 0 Å². The van der Waals surface area contributed by atoms with E-state index in [1.54, 1.807) is 16.5 Å². The van der Waals surface area contributed by atoms with E-state index in [0.29, 0.717) is 13.1 Å². The maximum absolute atomic E-state index is 12.4. The first-order valence-corrected chi connectivity index (χ1v) is 8.67. The second-order valence-electron chi connectivity index (χ2n) is 5.53. The molecule has 118 valence electrons. The van der Waals surface area contributed by atoms with Gasteiger partial charge in [0.15, 0.2) is 0 Å². The van der Waals surface area contributed by atoms with E-state index in [-0.39, 0.29) is 23.6 Å². The molecule has 1 saturated heterocycles. The van der Waals surface area contributed by atoms with Crippen molar-refractivity contribution in [3.8, 4) is 0 Å². The van der Waals surface area contributed by atoms with Gasteiger partial charge in [0.05, 0.1) is 23.4 Å². The first-order chi connectivity index (χ1) is 9.73. The molecule has 1 aromatic rings. The molecule has 2 rings (SSSR count). The predicted molar refractivity (Wildman–Crippen MR) is 79.3 cm³/mol. The molecule has 1 fully saturated rings. The van der Waals surface area contributed by atoms with Gasteiger partial charge >= 0.3 is 0 Å². The number of hydrogen-bond donors (Lipinski definition) is 1. The van der Waals surface area contributed by atoms with Crippen LogP contribution in [0.25, 0.3) is 0 Å². The average molecular weight is 314 g/mol. The van der Waals surface area contributed by atoms with E-state index in [1.807, 2.05) is 27.1 Å². The van der Waals surface area contributed by atoms with E-state index >= 15 is 0 Å². The molecule has 8 heteroatoms. The number of nitrogens with zero attached hydrogens (tertiary/aromatic N) is 3. The average Bonchev–Trinajstić information content (AvgIpc) is 2.71. The van der Waals surface area contributed by atoms with Crippen LogP contribution in [0, 0.1) is 6.92 Å². The number of carbonyl (C=O) groups excluding carboxylic acids is 1. The van der Waals surface area contributed by atoms with Crippen LogP contribution in [-0.4, -0.2) is 53.9 Å². The van der Waals surface area contributed by atoms with Crippen LogP contribution in [0.4, 0.5) is 0 Å². The Morgan fingerprint density at radius 3 is 2.62 bits per heavy atom. The highest BCUT2D eigenvalue weighted by molar-refractivity contribution is 7.89. The Kier molecular flexibility index (Phi) is 4.38. The third-order valence-corrected chi connectivity index (χ3v) is 5.26. The Morgan fingerprint density at radius 1 is 1.52 bits per heavy atom. The molecule has 1 aromatic heterocycles. The third-order valence-electron chi connectivity index (χ3n) is 3.81. The van der Waals surface area contributed by atoms with E-state index in [2.05, 4.69) is 9.82 Å². The number of amides is 1. The molecule has 0 aromatic carbocycles. The second kappa shape index (κ2) is 5.76. The summed E-state index contributed by atoms with van der Waals surface area (Å²) in [7, 11) is -1.38. The van der Waals surface area contributed by atoms with Crippen molar-refractivity contribution >= 4 is 15.9 Å². The number of sulfonamides is 1. The van der Waals surface area contributed by atoms with Crippen molar-refractivity contribution < 1.29 is 13.2 Å². The van der Waals surface area contributed by atoms with Crippen LogP contribution < -0.4 is 4.72 Å². The number of nitrogens with one attached hydrogen (secondary N) is 1. The summed E-state index contributed by atoms with van der Waals surface area (Å²) in [4.78, 5) is 14.1. The zero-order valence-corrected chi connectivity index (χ0v) is 13.6. The molecule has 0 bridgehead atoms. The summed E-state index contributed by atoms with van der Waals surface area (Å²) in [5, 5.41) is 4.25. The molecule has 0 aliphatic carbocycles. The van der Waals surface area contributed by atoms with Gasteiger partial charge in [-0.3, -0.25) is 9.48 Å². The van der Waals surface area contributed by atoms with E-state index < -0.39 is 10.0 Å². The van der Waals surface area contributed by atoms with Crippen molar-refractivity contribution in [2.75, 3.05) is 18.8 Å².